The molecular weight excluding hydrogens is 446 g/mol. The van der Waals surface area contributed by atoms with Gasteiger partial charge in [-0.05, 0) is 0 Å². The van der Waals surface area contributed by atoms with E-state index in [1.165, 1.54) is 6.92 Å². The first-order valence-electron chi connectivity index (χ1n) is 10.4. The van der Waals surface area contributed by atoms with Crippen molar-refractivity contribution in [1.82, 2.24) is 0 Å². The van der Waals surface area contributed by atoms with Crippen LogP contribution in [0.1, 0.15) is 27.7 Å². The highest BCUT2D eigenvalue weighted by molar-refractivity contribution is 5.68. The number of rotatable bonds is 14. The summed E-state index contributed by atoms with van der Waals surface area (Å²) in [5.41, 5.74) is 5.33. The van der Waals surface area contributed by atoms with Gasteiger partial charge in [0.1, 0.15) is 12.7 Å². The molecule has 13 heteroatoms. The summed E-state index contributed by atoms with van der Waals surface area (Å²) in [6.45, 7) is 5.97. The van der Waals surface area contributed by atoms with Crippen molar-refractivity contribution in [2.24, 2.45) is 5.73 Å². The van der Waals surface area contributed by atoms with Crippen LogP contribution in [-0.4, -0.2) is 101 Å². The quantitative estimate of drug-likeness (QED) is 0.185. The summed E-state index contributed by atoms with van der Waals surface area (Å²) in [6, 6.07) is 0. The summed E-state index contributed by atoms with van der Waals surface area (Å²) in [7, 11) is 0. The normalized spacial score (nSPS) is 24.6. The summed E-state index contributed by atoms with van der Waals surface area (Å²) in [5.74, 6) is -2.74. The minimum absolute atomic E-state index is 0.0185. The molecule has 0 aromatic rings. The van der Waals surface area contributed by atoms with E-state index < -0.39 is 54.6 Å². The molecule has 0 aliphatic carbocycles. The number of ether oxygens (including phenoxy) is 8. The monoisotopic (exact) mass is 479 g/mol. The number of hydrogen-bond acceptors (Lipinski definition) is 13. The van der Waals surface area contributed by atoms with Crippen molar-refractivity contribution in [2.75, 3.05) is 46.2 Å². The topological polar surface area (TPSA) is 168 Å². The average Bonchev–Trinajstić information content (AvgIpc) is 2.71. The molecule has 0 unspecified atom stereocenters. The first-order chi connectivity index (χ1) is 15.6. The Balaban J connectivity index is 2.95. The average molecular weight is 479 g/mol. The molecule has 1 saturated heterocycles. The van der Waals surface area contributed by atoms with Crippen LogP contribution in [0.15, 0.2) is 0 Å². The SMILES string of the molecule is CC(=O)OC[C@H]1O[C@@H](OCCOCCOCCN)[C@H](OC(C)=O)[C@@H](OC(C)=O)[C@@H]1OC(C)=O. The lowest BCUT2D eigenvalue weighted by molar-refractivity contribution is -0.309. The molecule has 0 spiro atoms. The van der Waals surface area contributed by atoms with Gasteiger partial charge in [-0.25, -0.2) is 0 Å². The standard InChI is InChI=1S/C20H33NO12/c1-12(22)29-11-16-17(30-13(2)23)18(31-14(3)24)19(32-15(4)25)20(33-16)28-10-9-27-8-7-26-6-5-21/h16-20H,5-11,21H2,1-4H3/t16-,17-,18+,19-,20-/m1/s1. The van der Waals surface area contributed by atoms with E-state index in [1.807, 2.05) is 0 Å². The largest absolute Gasteiger partial charge is 0.463 e. The fourth-order valence-corrected chi connectivity index (χ4v) is 2.95. The van der Waals surface area contributed by atoms with Crippen LogP contribution >= 0.6 is 0 Å². The molecule has 0 amide bonds. The summed E-state index contributed by atoms with van der Waals surface area (Å²) in [4.78, 5) is 46.4. The smallest absolute Gasteiger partial charge is 0.303 e. The van der Waals surface area contributed by atoms with Crippen molar-refractivity contribution in [3.05, 3.63) is 0 Å². The van der Waals surface area contributed by atoms with Gasteiger partial charge in [0, 0.05) is 34.2 Å². The Bertz CT molecular complexity index is 643. The molecule has 2 N–H and O–H groups in total. The zero-order chi connectivity index (χ0) is 24.8. The molecule has 5 atom stereocenters. The van der Waals surface area contributed by atoms with Gasteiger partial charge < -0.3 is 43.6 Å². The van der Waals surface area contributed by atoms with Crippen LogP contribution in [0.2, 0.25) is 0 Å². The maximum atomic E-state index is 11.8. The first kappa shape index (κ1) is 28.7. The zero-order valence-corrected chi connectivity index (χ0v) is 19.3. The van der Waals surface area contributed by atoms with E-state index in [4.69, 9.17) is 43.6 Å². The molecule has 13 nitrogen and oxygen atoms in total. The predicted octanol–water partition coefficient (Wildman–Crippen LogP) is -0.922. The molecule has 1 heterocycles. The van der Waals surface area contributed by atoms with Crippen molar-refractivity contribution in [3.63, 3.8) is 0 Å². The van der Waals surface area contributed by atoms with E-state index in [1.54, 1.807) is 0 Å². The van der Waals surface area contributed by atoms with Crippen LogP contribution in [0.5, 0.6) is 0 Å². The molecule has 190 valence electrons. The second-order valence-electron chi connectivity index (χ2n) is 6.95. The van der Waals surface area contributed by atoms with E-state index in [9.17, 15) is 19.2 Å². The Morgan fingerprint density at radius 2 is 1.21 bits per heavy atom. The van der Waals surface area contributed by atoms with Gasteiger partial charge in [-0.3, -0.25) is 19.2 Å². The van der Waals surface area contributed by atoms with Gasteiger partial charge in [0.05, 0.1) is 33.0 Å². The lowest BCUT2D eigenvalue weighted by Crippen LogP contribution is -2.63. The number of nitrogens with two attached hydrogens (primary N) is 1. The molecule has 0 saturated carbocycles. The van der Waals surface area contributed by atoms with Crippen molar-refractivity contribution in [2.45, 2.75) is 58.4 Å². The first-order valence-corrected chi connectivity index (χ1v) is 10.4. The Hall–Kier alpha value is -2.32. The number of carbonyl (C=O) groups excluding carboxylic acids is 4. The Kier molecular flexibility index (Phi) is 13.5. The summed E-state index contributed by atoms with van der Waals surface area (Å²) in [5, 5.41) is 0. The maximum Gasteiger partial charge on any atom is 0.303 e. The molecule has 1 aliphatic heterocycles. The van der Waals surface area contributed by atoms with Gasteiger partial charge in [-0.15, -0.1) is 0 Å². The molecule has 0 bridgehead atoms. The molecule has 0 aromatic carbocycles. The summed E-state index contributed by atoms with van der Waals surface area (Å²) in [6.07, 6.45) is -6.07. The van der Waals surface area contributed by atoms with Crippen LogP contribution in [0.25, 0.3) is 0 Å². The molecular formula is C20H33NO12. The molecule has 33 heavy (non-hydrogen) atoms. The van der Waals surface area contributed by atoms with Crippen molar-refractivity contribution >= 4 is 23.9 Å². The van der Waals surface area contributed by atoms with E-state index in [0.717, 1.165) is 20.8 Å². The van der Waals surface area contributed by atoms with Gasteiger partial charge in [-0.1, -0.05) is 0 Å². The van der Waals surface area contributed by atoms with Gasteiger partial charge in [0.2, 0.25) is 0 Å². The van der Waals surface area contributed by atoms with E-state index in [0.29, 0.717) is 26.4 Å². The minimum atomic E-state index is -1.28. The Labute approximate surface area is 192 Å². The van der Waals surface area contributed by atoms with Gasteiger partial charge in [0.15, 0.2) is 24.6 Å². The second kappa shape index (κ2) is 15.5. The Morgan fingerprint density at radius 3 is 1.76 bits per heavy atom. The maximum absolute atomic E-state index is 11.8. The lowest BCUT2D eigenvalue weighted by Gasteiger charge is -2.44. The molecule has 1 fully saturated rings. The highest BCUT2D eigenvalue weighted by Crippen LogP contribution is 2.29. The van der Waals surface area contributed by atoms with E-state index >= 15 is 0 Å². The highest BCUT2D eigenvalue weighted by atomic mass is 16.7. The second-order valence-corrected chi connectivity index (χ2v) is 6.95. The molecule has 1 aliphatic rings. The van der Waals surface area contributed by atoms with Crippen LogP contribution < -0.4 is 5.73 Å². The third-order valence-electron chi connectivity index (χ3n) is 4.09. The van der Waals surface area contributed by atoms with Crippen LogP contribution in [0.3, 0.4) is 0 Å². The van der Waals surface area contributed by atoms with Crippen molar-refractivity contribution in [1.29, 1.82) is 0 Å². The van der Waals surface area contributed by atoms with Gasteiger partial charge in [-0.2, -0.15) is 0 Å². The summed E-state index contributed by atoms with van der Waals surface area (Å²) >= 11 is 0. The fraction of sp³-hybridized carbons (Fsp3) is 0.800. The minimum Gasteiger partial charge on any atom is -0.463 e. The lowest BCUT2D eigenvalue weighted by atomic mass is 9.98. The molecule has 0 aromatic heterocycles. The van der Waals surface area contributed by atoms with Crippen LogP contribution in [0, 0.1) is 0 Å². The number of hydrogen-bond donors (Lipinski definition) is 1. The zero-order valence-electron chi connectivity index (χ0n) is 19.3. The van der Waals surface area contributed by atoms with Crippen LogP contribution in [0.4, 0.5) is 0 Å². The van der Waals surface area contributed by atoms with Crippen LogP contribution in [-0.2, 0) is 57.1 Å². The van der Waals surface area contributed by atoms with Gasteiger partial charge in [0.25, 0.3) is 0 Å². The van der Waals surface area contributed by atoms with E-state index in [-0.39, 0.29) is 19.8 Å². The predicted molar refractivity (Wildman–Crippen MR) is 109 cm³/mol. The third kappa shape index (κ3) is 11.4. The third-order valence-corrected chi connectivity index (χ3v) is 4.09. The molecule has 1 rings (SSSR count). The highest BCUT2D eigenvalue weighted by Gasteiger charge is 2.52. The van der Waals surface area contributed by atoms with Crippen molar-refractivity contribution in [3.8, 4) is 0 Å². The van der Waals surface area contributed by atoms with Gasteiger partial charge >= 0.3 is 23.9 Å². The summed E-state index contributed by atoms with van der Waals surface area (Å²) < 4.78 is 42.9. The number of carbonyl (C=O) groups is 4. The number of esters is 4. The van der Waals surface area contributed by atoms with Crippen molar-refractivity contribution < 1.29 is 57.1 Å². The Morgan fingerprint density at radius 1 is 0.697 bits per heavy atom. The van der Waals surface area contributed by atoms with E-state index in [2.05, 4.69) is 0 Å². The molecule has 0 radical (unpaired) electrons. The fourth-order valence-electron chi connectivity index (χ4n) is 2.95.